The summed E-state index contributed by atoms with van der Waals surface area (Å²) in [5.74, 6) is -2.02. The molecule has 2 amide bonds. The molecule has 0 bridgehead atoms. The van der Waals surface area contributed by atoms with Gasteiger partial charge in [-0.05, 0) is 36.8 Å². The van der Waals surface area contributed by atoms with Gasteiger partial charge in [-0.1, -0.05) is 36.4 Å². The molecular formula is C25H23N3O8. The second-order valence-electron chi connectivity index (χ2n) is 7.58. The molecular weight excluding hydrogens is 470 g/mol. The standard InChI is InChI=1S/C25H23N3O8/c1-15-8-10-18(19(12-15)28(32)33)27-24(30)23(16-6-4-3-5-7-16)36-25(31)17-9-11-20(21(13-17)34-2)35-14-22(26)29/h3-13,23H,14H2,1-2H3,(H2,26,29)(H,27,30). The number of carbonyl (C=O) groups excluding carboxylic acids is 3. The summed E-state index contributed by atoms with van der Waals surface area (Å²) in [4.78, 5) is 48.0. The fourth-order valence-electron chi connectivity index (χ4n) is 3.24. The molecule has 0 aliphatic carbocycles. The molecule has 0 saturated carbocycles. The lowest BCUT2D eigenvalue weighted by molar-refractivity contribution is -0.384. The number of ether oxygens (including phenoxy) is 3. The molecule has 3 aromatic carbocycles. The Bertz CT molecular complexity index is 1290. The highest BCUT2D eigenvalue weighted by atomic mass is 16.6. The number of primary amides is 1. The highest BCUT2D eigenvalue weighted by Gasteiger charge is 2.28. The number of hydrogen-bond donors (Lipinski definition) is 2. The third-order valence-corrected chi connectivity index (χ3v) is 4.94. The second kappa shape index (κ2) is 11.5. The molecule has 36 heavy (non-hydrogen) atoms. The van der Waals surface area contributed by atoms with Crippen LogP contribution in [-0.4, -0.2) is 36.4 Å². The lowest BCUT2D eigenvalue weighted by Crippen LogP contribution is -2.26. The van der Waals surface area contributed by atoms with Crippen LogP contribution in [0.2, 0.25) is 0 Å². The summed E-state index contributed by atoms with van der Waals surface area (Å²) in [5, 5.41) is 13.9. The van der Waals surface area contributed by atoms with Gasteiger partial charge in [0, 0.05) is 11.6 Å². The number of aryl methyl sites for hydroxylation is 1. The Morgan fingerprint density at radius 2 is 1.75 bits per heavy atom. The van der Waals surface area contributed by atoms with Gasteiger partial charge in [0.2, 0.25) is 6.10 Å². The number of esters is 1. The Balaban J connectivity index is 1.88. The summed E-state index contributed by atoms with van der Waals surface area (Å²) in [6, 6.07) is 16.6. The van der Waals surface area contributed by atoms with E-state index in [1.807, 2.05) is 0 Å². The molecule has 11 nitrogen and oxygen atoms in total. The van der Waals surface area contributed by atoms with E-state index in [0.29, 0.717) is 11.1 Å². The lowest BCUT2D eigenvalue weighted by Gasteiger charge is -2.19. The molecule has 0 aliphatic heterocycles. The van der Waals surface area contributed by atoms with E-state index in [1.54, 1.807) is 43.3 Å². The molecule has 1 atom stereocenters. The zero-order valence-electron chi connectivity index (χ0n) is 19.4. The number of hydrogen-bond acceptors (Lipinski definition) is 8. The number of benzene rings is 3. The van der Waals surface area contributed by atoms with E-state index < -0.39 is 28.8 Å². The first kappa shape index (κ1) is 25.7. The number of methoxy groups -OCH3 is 1. The average Bonchev–Trinajstić information content (AvgIpc) is 2.87. The lowest BCUT2D eigenvalue weighted by atomic mass is 10.1. The molecule has 0 aromatic heterocycles. The molecule has 0 heterocycles. The van der Waals surface area contributed by atoms with E-state index in [4.69, 9.17) is 19.9 Å². The van der Waals surface area contributed by atoms with Crippen molar-refractivity contribution in [2.24, 2.45) is 5.73 Å². The molecule has 0 aliphatic rings. The van der Waals surface area contributed by atoms with E-state index in [1.165, 1.54) is 37.4 Å². The number of carbonyl (C=O) groups is 3. The Labute approximate surface area is 205 Å². The van der Waals surface area contributed by atoms with Gasteiger partial charge in [-0.3, -0.25) is 19.7 Å². The van der Waals surface area contributed by atoms with Crippen LogP contribution in [0.5, 0.6) is 11.5 Å². The summed E-state index contributed by atoms with van der Waals surface area (Å²) < 4.78 is 16.0. The van der Waals surface area contributed by atoms with Crippen molar-refractivity contribution in [3.8, 4) is 11.5 Å². The van der Waals surface area contributed by atoms with Crippen LogP contribution in [0.3, 0.4) is 0 Å². The summed E-state index contributed by atoms with van der Waals surface area (Å²) in [6.07, 6.45) is -1.42. The Morgan fingerprint density at radius 3 is 2.39 bits per heavy atom. The summed E-state index contributed by atoms with van der Waals surface area (Å²) >= 11 is 0. The van der Waals surface area contributed by atoms with Crippen molar-refractivity contribution in [3.05, 3.63) is 93.5 Å². The van der Waals surface area contributed by atoms with Crippen molar-refractivity contribution in [3.63, 3.8) is 0 Å². The van der Waals surface area contributed by atoms with Crippen molar-refractivity contribution in [1.82, 2.24) is 0 Å². The molecule has 3 rings (SSSR count). The highest BCUT2D eigenvalue weighted by molar-refractivity contribution is 5.99. The smallest absolute Gasteiger partial charge is 0.339 e. The largest absolute Gasteiger partial charge is 0.493 e. The normalized spacial score (nSPS) is 11.2. The van der Waals surface area contributed by atoms with E-state index in [0.717, 1.165) is 0 Å². The van der Waals surface area contributed by atoms with Gasteiger partial charge < -0.3 is 25.3 Å². The van der Waals surface area contributed by atoms with Crippen LogP contribution >= 0.6 is 0 Å². The van der Waals surface area contributed by atoms with Crippen LogP contribution in [-0.2, 0) is 14.3 Å². The molecule has 0 spiro atoms. The van der Waals surface area contributed by atoms with Gasteiger partial charge in [0.15, 0.2) is 18.1 Å². The molecule has 1 unspecified atom stereocenters. The van der Waals surface area contributed by atoms with Crippen LogP contribution < -0.4 is 20.5 Å². The first-order valence-corrected chi connectivity index (χ1v) is 10.6. The summed E-state index contributed by atoms with van der Waals surface area (Å²) in [6.45, 7) is 1.30. The predicted molar refractivity (Wildman–Crippen MR) is 129 cm³/mol. The fourth-order valence-corrected chi connectivity index (χ4v) is 3.24. The average molecular weight is 493 g/mol. The predicted octanol–water partition coefficient (Wildman–Crippen LogP) is 3.31. The van der Waals surface area contributed by atoms with E-state index in [2.05, 4.69) is 5.32 Å². The molecule has 3 N–H and O–H groups in total. The SMILES string of the molecule is COc1cc(C(=O)OC(C(=O)Nc2ccc(C)cc2[N+](=O)[O-])c2ccccc2)ccc1OCC(N)=O. The summed E-state index contributed by atoms with van der Waals surface area (Å²) in [7, 11) is 1.34. The van der Waals surface area contributed by atoms with Gasteiger partial charge in [-0.25, -0.2) is 4.79 Å². The zero-order chi connectivity index (χ0) is 26.2. The monoisotopic (exact) mass is 493 g/mol. The van der Waals surface area contributed by atoms with Crippen LogP contribution in [0.15, 0.2) is 66.7 Å². The maximum Gasteiger partial charge on any atom is 0.339 e. The Kier molecular flexibility index (Phi) is 8.18. The fraction of sp³-hybridized carbons (Fsp3) is 0.160. The zero-order valence-corrected chi connectivity index (χ0v) is 19.4. The quantitative estimate of drug-likeness (QED) is 0.247. The third kappa shape index (κ3) is 6.35. The third-order valence-electron chi connectivity index (χ3n) is 4.94. The maximum atomic E-state index is 13.2. The van der Waals surface area contributed by atoms with Crippen molar-refractivity contribution in [1.29, 1.82) is 0 Å². The second-order valence-corrected chi connectivity index (χ2v) is 7.58. The number of rotatable bonds is 10. The molecule has 3 aromatic rings. The molecule has 0 saturated heterocycles. The minimum atomic E-state index is -1.42. The minimum Gasteiger partial charge on any atom is -0.493 e. The van der Waals surface area contributed by atoms with Gasteiger partial charge in [-0.2, -0.15) is 0 Å². The van der Waals surface area contributed by atoms with E-state index >= 15 is 0 Å². The van der Waals surface area contributed by atoms with Gasteiger partial charge in [0.25, 0.3) is 17.5 Å². The molecule has 0 radical (unpaired) electrons. The number of anilines is 1. The van der Waals surface area contributed by atoms with E-state index in [-0.39, 0.29) is 35.0 Å². The minimum absolute atomic E-state index is 0.0355. The number of amides is 2. The van der Waals surface area contributed by atoms with Crippen LogP contribution in [0.1, 0.15) is 27.6 Å². The van der Waals surface area contributed by atoms with Crippen molar-refractivity contribution >= 4 is 29.2 Å². The van der Waals surface area contributed by atoms with Crippen molar-refractivity contribution in [2.75, 3.05) is 19.0 Å². The highest BCUT2D eigenvalue weighted by Crippen LogP contribution is 2.31. The van der Waals surface area contributed by atoms with Gasteiger partial charge in [-0.15, -0.1) is 0 Å². The Hall–Kier alpha value is -4.93. The molecule has 11 heteroatoms. The van der Waals surface area contributed by atoms with Gasteiger partial charge >= 0.3 is 5.97 Å². The number of nitro groups is 1. The first-order valence-electron chi connectivity index (χ1n) is 10.6. The summed E-state index contributed by atoms with van der Waals surface area (Å²) in [5.41, 5.74) is 5.78. The number of nitrogens with two attached hydrogens (primary N) is 1. The number of nitrogens with one attached hydrogen (secondary N) is 1. The van der Waals surface area contributed by atoms with Gasteiger partial charge in [0.1, 0.15) is 5.69 Å². The topological polar surface area (TPSA) is 160 Å². The van der Waals surface area contributed by atoms with E-state index in [9.17, 15) is 24.5 Å². The van der Waals surface area contributed by atoms with Crippen LogP contribution in [0, 0.1) is 17.0 Å². The number of nitro benzene ring substituents is 1. The van der Waals surface area contributed by atoms with Crippen LogP contribution in [0.25, 0.3) is 0 Å². The first-order chi connectivity index (χ1) is 17.2. The maximum absolute atomic E-state index is 13.2. The molecule has 0 fully saturated rings. The van der Waals surface area contributed by atoms with Gasteiger partial charge in [0.05, 0.1) is 17.6 Å². The van der Waals surface area contributed by atoms with Crippen molar-refractivity contribution in [2.45, 2.75) is 13.0 Å². The Morgan fingerprint density at radius 1 is 1.03 bits per heavy atom. The number of nitrogens with zero attached hydrogens (tertiary/aromatic N) is 1. The van der Waals surface area contributed by atoms with Crippen molar-refractivity contribution < 1.29 is 33.5 Å². The van der Waals surface area contributed by atoms with Crippen LogP contribution in [0.4, 0.5) is 11.4 Å². The molecule has 186 valence electrons.